The van der Waals surface area contributed by atoms with E-state index in [9.17, 15) is 0 Å². The zero-order valence-corrected chi connectivity index (χ0v) is 12.0. The number of aromatic nitrogens is 2. The van der Waals surface area contributed by atoms with Crippen molar-refractivity contribution in [1.29, 1.82) is 0 Å². The molecule has 18 heavy (non-hydrogen) atoms. The second-order valence-corrected chi connectivity index (χ2v) is 5.58. The van der Waals surface area contributed by atoms with Crippen LogP contribution in [0.2, 0.25) is 0 Å². The molecule has 2 N–H and O–H groups in total. The number of aryl methyl sites for hydroxylation is 1. The van der Waals surface area contributed by atoms with Crippen LogP contribution in [-0.2, 0) is 0 Å². The number of pyridine rings is 1. The molecule has 0 aliphatic carbocycles. The number of thiocarbonyl (C=S) groups is 1. The molecule has 0 spiro atoms. The van der Waals surface area contributed by atoms with Crippen molar-refractivity contribution in [2.24, 2.45) is 5.73 Å². The minimum absolute atomic E-state index is 0.128. The molecule has 2 heterocycles. The molecular formula is C13H15N3S2. The number of rotatable bonds is 4. The van der Waals surface area contributed by atoms with E-state index in [0.29, 0.717) is 4.99 Å². The van der Waals surface area contributed by atoms with Crippen molar-refractivity contribution in [3.63, 3.8) is 0 Å². The summed E-state index contributed by atoms with van der Waals surface area (Å²) in [6, 6.07) is 3.92. The maximum atomic E-state index is 5.79. The summed E-state index contributed by atoms with van der Waals surface area (Å²) in [7, 11) is 0. The summed E-state index contributed by atoms with van der Waals surface area (Å²) in [5.74, 6) is 0.128. The van der Waals surface area contributed by atoms with Crippen molar-refractivity contribution >= 4 is 28.5 Å². The highest BCUT2D eigenvalue weighted by atomic mass is 32.1. The number of hydrogen-bond donors (Lipinski definition) is 1. The predicted molar refractivity (Wildman–Crippen MR) is 79.9 cm³/mol. The molecule has 0 saturated heterocycles. The Balaban J connectivity index is 2.41. The molecule has 2 rings (SSSR count). The van der Waals surface area contributed by atoms with Crippen LogP contribution in [0.15, 0.2) is 24.5 Å². The van der Waals surface area contributed by atoms with Gasteiger partial charge in [-0.05, 0) is 25.5 Å². The standard InChI is InChI=1S/C13H15N3S2/c1-3-10(12(14)17)11-8(2)16-13(18-11)9-5-4-6-15-7-9/h4-7,10H,3H2,1-2H3,(H2,14,17). The maximum Gasteiger partial charge on any atom is 0.125 e. The second-order valence-electron chi connectivity index (χ2n) is 4.07. The van der Waals surface area contributed by atoms with Crippen molar-refractivity contribution < 1.29 is 0 Å². The van der Waals surface area contributed by atoms with Gasteiger partial charge in [-0.1, -0.05) is 19.1 Å². The van der Waals surface area contributed by atoms with Crippen LogP contribution in [0.5, 0.6) is 0 Å². The van der Waals surface area contributed by atoms with Crippen LogP contribution >= 0.6 is 23.6 Å². The van der Waals surface area contributed by atoms with E-state index in [4.69, 9.17) is 18.0 Å². The number of nitrogens with two attached hydrogens (primary N) is 1. The van der Waals surface area contributed by atoms with Gasteiger partial charge in [-0.3, -0.25) is 4.98 Å². The molecule has 0 radical (unpaired) electrons. The lowest BCUT2D eigenvalue weighted by Crippen LogP contribution is -2.18. The first-order valence-corrected chi connectivity index (χ1v) is 7.03. The first-order valence-electron chi connectivity index (χ1n) is 5.80. The lowest BCUT2D eigenvalue weighted by molar-refractivity contribution is 0.853. The Morgan fingerprint density at radius 3 is 2.89 bits per heavy atom. The van der Waals surface area contributed by atoms with E-state index in [1.807, 2.05) is 25.3 Å². The van der Waals surface area contributed by atoms with Crippen LogP contribution in [0.25, 0.3) is 10.6 Å². The van der Waals surface area contributed by atoms with Gasteiger partial charge in [-0.25, -0.2) is 4.98 Å². The molecule has 2 aromatic rings. The third kappa shape index (κ3) is 2.57. The van der Waals surface area contributed by atoms with E-state index in [-0.39, 0.29) is 5.92 Å². The molecule has 0 aromatic carbocycles. The van der Waals surface area contributed by atoms with Crippen molar-refractivity contribution in [2.75, 3.05) is 0 Å². The topological polar surface area (TPSA) is 51.8 Å². The molecule has 0 aliphatic heterocycles. The summed E-state index contributed by atoms with van der Waals surface area (Å²) in [6.07, 6.45) is 4.49. The Kier molecular flexibility index (Phi) is 4.04. The largest absolute Gasteiger partial charge is 0.393 e. The van der Waals surface area contributed by atoms with Gasteiger partial charge < -0.3 is 5.73 Å². The van der Waals surface area contributed by atoms with Gasteiger partial charge >= 0.3 is 0 Å². The van der Waals surface area contributed by atoms with Gasteiger partial charge in [0.1, 0.15) is 5.01 Å². The number of nitrogens with zero attached hydrogens (tertiary/aromatic N) is 2. The zero-order valence-electron chi connectivity index (χ0n) is 10.4. The normalized spacial score (nSPS) is 12.3. The third-order valence-electron chi connectivity index (χ3n) is 2.81. The summed E-state index contributed by atoms with van der Waals surface area (Å²) >= 11 is 6.78. The fourth-order valence-electron chi connectivity index (χ4n) is 1.86. The smallest absolute Gasteiger partial charge is 0.125 e. The van der Waals surface area contributed by atoms with E-state index in [1.54, 1.807) is 17.5 Å². The van der Waals surface area contributed by atoms with Crippen LogP contribution in [0, 0.1) is 6.92 Å². The predicted octanol–water partition coefficient (Wildman–Crippen LogP) is 3.29. The van der Waals surface area contributed by atoms with Gasteiger partial charge in [0, 0.05) is 28.8 Å². The van der Waals surface area contributed by atoms with Crippen LogP contribution < -0.4 is 5.73 Å². The van der Waals surface area contributed by atoms with Crippen molar-refractivity contribution in [3.05, 3.63) is 35.1 Å². The Hall–Kier alpha value is -1.33. The van der Waals surface area contributed by atoms with Gasteiger partial charge in [0.05, 0.1) is 10.7 Å². The van der Waals surface area contributed by atoms with Gasteiger partial charge in [0.2, 0.25) is 0 Å². The van der Waals surface area contributed by atoms with E-state index >= 15 is 0 Å². The molecule has 0 saturated carbocycles. The average Bonchev–Trinajstić information content (AvgIpc) is 2.73. The third-order valence-corrected chi connectivity index (χ3v) is 4.41. The van der Waals surface area contributed by atoms with Gasteiger partial charge in [0.15, 0.2) is 0 Å². The highest BCUT2D eigenvalue weighted by Gasteiger charge is 2.19. The molecule has 0 fully saturated rings. The Morgan fingerprint density at radius 1 is 1.56 bits per heavy atom. The summed E-state index contributed by atoms with van der Waals surface area (Å²) in [4.78, 5) is 10.4. The van der Waals surface area contributed by atoms with Crippen LogP contribution in [0.3, 0.4) is 0 Å². The molecule has 5 heteroatoms. The highest BCUT2D eigenvalue weighted by molar-refractivity contribution is 7.80. The van der Waals surface area contributed by atoms with E-state index < -0.39 is 0 Å². The highest BCUT2D eigenvalue weighted by Crippen LogP contribution is 2.33. The Morgan fingerprint density at radius 2 is 2.33 bits per heavy atom. The zero-order chi connectivity index (χ0) is 13.1. The van der Waals surface area contributed by atoms with Gasteiger partial charge in [0.25, 0.3) is 0 Å². The summed E-state index contributed by atoms with van der Waals surface area (Å²) in [5, 5.41) is 0.977. The fourth-order valence-corrected chi connectivity index (χ4v) is 3.48. The number of thiazole rings is 1. The summed E-state index contributed by atoms with van der Waals surface area (Å²) in [6.45, 7) is 4.10. The second kappa shape index (κ2) is 5.54. The number of hydrogen-bond acceptors (Lipinski definition) is 4. The quantitative estimate of drug-likeness (QED) is 0.871. The molecule has 0 bridgehead atoms. The van der Waals surface area contributed by atoms with Gasteiger partial charge in [-0.15, -0.1) is 11.3 Å². The SMILES string of the molecule is CCC(C(N)=S)c1sc(-c2cccnc2)nc1C. The van der Waals surface area contributed by atoms with Crippen molar-refractivity contribution in [3.8, 4) is 10.6 Å². The lowest BCUT2D eigenvalue weighted by Gasteiger charge is -2.10. The van der Waals surface area contributed by atoms with E-state index in [2.05, 4.69) is 16.9 Å². The lowest BCUT2D eigenvalue weighted by atomic mass is 10.0. The fraction of sp³-hybridized carbons (Fsp3) is 0.308. The van der Waals surface area contributed by atoms with E-state index in [1.165, 1.54) is 4.88 Å². The molecular weight excluding hydrogens is 262 g/mol. The molecule has 0 aliphatic rings. The van der Waals surface area contributed by atoms with Crippen LogP contribution in [0.4, 0.5) is 0 Å². The monoisotopic (exact) mass is 277 g/mol. The van der Waals surface area contributed by atoms with Crippen molar-refractivity contribution in [1.82, 2.24) is 9.97 Å². The first-order chi connectivity index (χ1) is 8.63. The molecule has 1 unspecified atom stereocenters. The van der Waals surface area contributed by atoms with Crippen LogP contribution in [-0.4, -0.2) is 15.0 Å². The van der Waals surface area contributed by atoms with Crippen molar-refractivity contribution in [2.45, 2.75) is 26.2 Å². The maximum absolute atomic E-state index is 5.79. The minimum atomic E-state index is 0.128. The first kappa shape index (κ1) is 13.1. The Bertz CT molecular complexity index is 549. The van der Waals surface area contributed by atoms with Gasteiger partial charge in [-0.2, -0.15) is 0 Å². The molecule has 94 valence electrons. The molecule has 3 nitrogen and oxygen atoms in total. The minimum Gasteiger partial charge on any atom is -0.393 e. The van der Waals surface area contributed by atoms with E-state index in [0.717, 1.165) is 22.7 Å². The molecule has 2 aromatic heterocycles. The summed E-state index contributed by atoms with van der Waals surface area (Å²) < 4.78 is 0. The summed E-state index contributed by atoms with van der Waals surface area (Å²) in [5.41, 5.74) is 7.84. The average molecular weight is 277 g/mol. The Labute approximate surface area is 116 Å². The molecule has 1 atom stereocenters. The molecule has 0 amide bonds. The van der Waals surface area contributed by atoms with Crippen LogP contribution in [0.1, 0.15) is 29.8 Å².